The Kier molecular flexibility index (Phi) is 6.90. The zero-order valence-electron chi connectivity index (χ0n) is 22.8. The normalized spacial score (nSPS) is 14.0. The number of nitrogen functional groups attached to an aromatic ring is 1. The van der Waals surface area contributed by atoms with E-state index in [0.29, 0.717) is 29.6 Å². The molecule has 0 radical (unpaired) electrons. The number of nitrogens with zero attached hydrogens (tertiary/aromatic N) is 7. The molecule has 0 aliphatic carbocycles. The third-order valence-electron chi connectivity index (χ3n) is 7.56. The number of fused-ring (bicyclic) bond motifs is 1. The number of piperazine rings is 1. The van der Waals surface area contributed by atoms with Gasteiger partial charge in [0.1, 0.15) is 16.2 Å². The minimum Gasteiger partial charge on any atom is -0.383 e. The molecule has 208 valence electrons. The molecule has 0 bridgehead atoms. The lowest BCUT2D eigenvalue weighted by Crippen LogP contribution is -2.48. The molecule has 0 unspecified atom stereocenters. The van der Waals surface area contributed by atoms with E-state index in [1.807, 2.05) is 47.4 Å². The van der Waals surface area contributed by atoms with Gasteiger partial charge in [-0.2, -0.15) is 0 Å². The van der Waals surface area contributed by atoms with E-state index in [1.54, 1.807) is 17.9 Å². The molecule has 1 amide bonds. The van der Waals surface area contributed by atoms with E-state index in [2.05, 4.69) is 55.8 Å². The Balaban J connectivity index is 1.17. The number of amides is 1. The molecule has 2 aromatic carbocycles. The summed E-state index contributed by atoms with van der Waals surface area (Å²) in [6.07, 6.45) is 3.33. The van der Waals surface area contributed by atoms with Gasteiger partial charge in [0.05, 0.1) is 23.0 Å². The number of carbonyl (C=O) groups is 1. The van der Waals surface area contributed by atoms with Gasteiger partial charge in [-0.05, 0) is 42.0 Å². The number of thiazole rings is 1. The van der Waals surface area contributed by atoms with Crippen LogP contribution < -0.4 is 5.73 Å². The lowest BCUT2D eigenvalue weighted by molar-refractivity contribution is 0.0633. The lowest BCUT2D eigenvalue weighted by atomic mass is 10.1. The Morgan fingerprint density at radius 2 is 1.69 bits per heavy atom. The average Bonchev–Trinajstić information content (AvgIpc) is 3.71. The molecule has 7 rings (SSSR count). The van der Waals surface area contributed by atoms with Gasteiger partial charge in [0.2, 0.25) is 0 Å². The quantitative estimate of drug-likeness (QED) is 0.294. The van der Waals surface area contributed by atoms with Crippen LogP contribution in [0.15, 0.2) is 96.8 Å². The van der Waals surface area contributed by atoms with Crippen molar-refractivity contribution in [3.05, 3.63) is 107 Å². The van der Waals surface area contributed by atoms with Crippen molar-refractivity contribution in [2.24, 2.45) is 0 Å². The van der Waals surface area contributed by atoms with Gasteiger partial charge in [0.25, 0.3) is 5.91 Å². The summed E-state index contributed by atoms with van der Waals surface area (Å²) in [7, 11) is 0. The van der Waals surface area contributed by atoms with Gasteiger partial charge in [-0.25, -0.2) is 15.0 Å². The molecule has 9 nitrogen and oxygen atoms in total. The number of nitrogens with two attached hydrogens (primary N) is 1. The van der Waals surface area contributed by atoms with Gasteiger partial charge in [-0.15, -0.1) is 11.3 Å². The smallest absolute Gasteiger partial charge is 0.265 e. The molecule has 0 saturated carbocycles. The SMILES string of the molecule is Nc1ncccc1-c1nc2ccc(-c3ccccc3)nc2n1-c1ccc(CN2CCN(C(=O)c3cncs3)CC2)cc1. The summed E-state index contributed by atoms with van der Waals surface area (Å²) in [5.74, 6) is 1.19. The standard InChI is InChI=1S/C32H28N8OS/c33-29-25(7-4-14-35-29)30-37-27-13-12-26(23-5-2-1-3-6-23)36-31(27)40(30)24-10-8-22(9-11-24)20-38-15-17-39(18-16-38)32(41)28-19-34-21-42-28/h1-14,19,21H,15-18,20H2,(H2,33,35). The first-order valence-electron chi connectivity index (χ1n) is 13.8. The Morgan fingerprint density at radius 3 is 2.43 bits per heavy atom. The van der Waals surface area contributed by atoms with Crippen LogP contribution in [-0.2, 0) is 6.54 Å². The molecule has 4 aromatic heterocycles. The average molecular weight is 573 g/mol. The predicted molar refractivity (Wildman–Crippen MR) is 165 cm³/mol. The van der Waals surface area contributed by atoms with Crippen LogP contribution in [-0.4, -0.2) is 66.4 Å². The fourth-order valence-electron chi connectivity index (χ4n) is 5.35. The van der Waals surface area contributed by atoms with Crippen LogP contribution in [0.2, 0.25) is 0 Å². The summed E-state index contributed by atoms with van der Waals surface area (Å²) < 4.78 is 2.06. The Hall–Kier alpha value is -4.93. The molecular weight excluding hydrogens is 544 g/mol. The summed E-state index contributed by atoms with van der Waals surface area (Å²) in [5.41, 5.74) is 14.4. The number of rotatable bonds is 6. The van der Waals surface area contributed by atoms with E-state index >= 15 is 0 Å². The van der Waals surface area contributed by atoms with Crippen LogP contribution in [0.1, 0.15) is 15.2 Å². The van der Waals surface area contributed by atoms with E-state index in [9.17, 15) is 4.79 Å². The van der Waals surface area contributed by atoms with Gasteiger partial charge in [0, 0.05) is 50.2 Å². The number of benzene rings is 2. The van der Waals surface area contributed by atoms with Crippen molar-refractivity contribution >= 4 is 34.2 Å². The van der Waals surface area contributed by atoms with E-state index in [-0.39, 0.29) is 5.91 Å². The van der Waals surface area contributed by atoms with Crippen molar-refractivity contribution in [1.29, 1.82) is 0 Å². The van der Waals surface area contributed by atoms with Crippen molar-refractivity contribution in [3.8, 4) is 28.3 Å². The Labute approximate surface area is 246 Å². The summed E-state index contributed by atoms with van der Waals surface area (Å²) in [4.78, 5) is 36.0. The molecule has 10 heteroatoms. The predicted octanol–water partition coefficient (Wildman–Crippen LogP) is 5.15. The monoisotopic (exact) mass is 572 g/mol. The second-order valence-corrected chi connectivity index (χ2v) is 11.1. The summed E-state index contributed by atoms with van der Waals surface area (Å²) >= 11 is 1.39. The zero-order valence-corrected chi connectivity index (χ0v) is 23.6. The molecule has 6 aromatic rings. The highest BCUT2D eigenvalue weighted by atomic mass is 32.1. The summed E-state index contributed by atoms with van der Waals surface area (Å²) in [5, 5.41) is 0. The number of carbonyl (C=O) groups excluding carboxylic acids is 1. The van der Waals surface area contributed by atoms with Crippen LogP contribution in [0.5, 0.6) is 0 Å². The van der Waals surface area contributed by atoms with Crippen molar-refractivity contribution < 1.29 is 4.79 Å². The van der Waals surface area contributed by atoms with E-state index in [0.717, 1.165) is 53.3 Å². The van der Waals surface area contributed by atoms with Crippen LogP contribution in [0, 0.1) is 0 Å². The van der Waals surface area contributed by atoms with Gasteiger partial charge < -0.3 is 10.6 Å². The summed E-state index contributed by atoms with van der Waals surface area (Å²) in [6, 6.07) is 26.4. The fraction of sp³-hybridized carbons (Fsp3) is 0.156. The van der Waals surface area contributed by atoms with Gasteiger partial charge in [-0.1, -0.05) is 42.5 Å². The summed E-state index contributed by atoms with van der Waals surface area (Å²) in [6.45, 7) is 3.89. The topological polar surface area (TPSA) is 106 Å². The van der Waals surface area contributed by atoms with E-state index in [4.69, 9.17) is 15.7 Å². The molecular formula is C32H28N8OS. The van der Waals surface area contributed by atoms with Crippen molar-refractivity contribution in [1.82, 2.24) is 34.3 Å². The first-order valence-corrected chi connectivity index (χ1v) is 14.7. The van der Waals surface area contributed by atoms with Gasteiger partial charge in [-0.3, -0.25) is 19.2 Å². The van der Waals surface area contributed by atoms with Crippen LogP contribution in [0.25, 0.3) is 39.5 Å². The fourth-order valence-corrected chi connectivity index (χ4v) is 5.94. The Bertz CT molecular complexity index is 1840. The number of anilines is 1. The van der Waals surface area contributed by atoms with Crippen molar-refractivity contribution in [3.63, 3.8) is 0 Å². The van der Waals surface area contributed by atoms with Crippen molar-refractivity contribution in [2.45, 2.75) is 6.54 Å². The molecule has 42 heavy (non-hydrogen) atoms. The highest BCUT2D eigenvalue weighted by molar-refractivity contribution is 7.11. The second-order valence-electron chi connectivity index (χ2n) is 10.2. The van der Waals surface area contributed by atoms with Crippen LogP contribution >= 0.6 is 11.3 Å². The first kappa shape index (κ1) is 26.0. The maximum atomic E-state index is 12.7. The maximum Gasteiger partial charge on any atom is 0.265 e. The molecule has 1 aliphatic heterocycles. The number of hydrogen-bond donors (Lipinski definition) is 1. The largest absolute Gasteiger partial charge is 0.383 e. The highest BCUT2D eigenvalue weighted by Crippen LogP contribution is 2.32. The minimum atomic E-state index is 0.0724. The maximum absolute atomic E-state index is 12.7. The van der Waals surface area contributed by atoms with Gasteiger partial charge in [0.15, 0.2) is 11.5 Å². The van der Waals surface area contributed by atoms with E-state index < -0.39 is 0 Å². The Morgan fingerprint density at radius 1 is 0.881 bits per heavy atom. The second kappa shape index (κ2) is 11.2. The molecule has 0 spiro atoms. The minimum absolute atomic E-state index is 0.0724. The molecule has 0 atom stereocenters. The molecule has 1 aliphatic rings. The van der Waals surface area contributed by atoms with Crippen LogP contribution in [0.3, 0.4) is 0 Å². The highest BCUT2D eigenvalue weighted by Gasteiger charge is 2.23. The zero-order chi connectivity index (χ0) is 28.5. The number of hydrogen-bond acceptors (Lipinski definition) is 8. The number of imidazole rings is 1. The van der Waals surface area contributed by atoms with Gasteiger partial charge >= 0.3 is 0 Å². The number of aromatic nitrogens is 5. The van der Waals surface area contributed by atoms with E-state index in [1.165, 1.54) is 16.9 Å². The third kappa shape index (κ3) is 5.02. The van der Waals surface area contributed by atoms with Crippen molar-refractivity contribution in [2.75, 3.05) is 31.9 Å². The molecule has 2 N–H and O–H groups in total. The third-order valence-corrected chi connectivity index (χ3v) is 8.32. The first-order chi connectivity index (χ1) is 20.6. The molecule has 5 heterocycles. The molecule has 1 fully saturated rings. The number of pyridine rings is 2. The molecule has 1 saturated heterocycles. The lowest BCUT2D eigenvalue weighted by Gasteiger charge is -2.34. The van der Waals surface area contributed by atoms with Crippen LogP contribution in [0.4, 0.5) is 5.82 Å².